The van der Waals surface area contributed by atoms with Crippen LogP contribution in [0.2, 0.25) is 0 Å². The first-order valence-corrected chi connectivity index (χ1v) is 9.57. The lowest BCUT2D eigenvalue weighted by Crippen LogP contribution is -2.28. The van der Waals surface area contributed by atoms with Crippen molar-refractivity contribution in [1.82, 2.24) is 0 Å². The lowest BCUT2D eigenvalue weighted by molar-refractivity contribution is -0.122. The Morgan fingerprint density at radius 2 is 1.59 bits per heavy atom. The minimum Gasteiger partial charge on any atom is -0.491 e. The first kappa shape index (κ1) is 20.4. The first-order chi connectivity index (χ1) is 13.8. The molecule has 2 N–H and O–H groups in total. The van der Waals surface area contributed by atoms with Crippen LogP contribution in [0.25, 0.3) is 0 Å². The SMILES string of the molecule is CC(=O)Nc1ccc(N2CC(C(=O)Nc3ccc(OC(C)C)cc3)CC2=O)cc1. The minimum absolute atomic E-state index is 0.0817. The van der Waals surface area contributed by atoms with Crippen LogP contribution in [0.15, 0.2) is 48.5 Å². The molecule has 0 saturated carbocycles. The normalized spacial score (nSPS) is 16.1. The molecule has 1 aliphatic rings. The van der Waals surface area contributed by atoms with Crippen molar-refractivity contribution in [3.63, 3.8) is 0 Å². The Hall–Kier alpha value is -3.35. The maximum absolute atomic E-state index is 12.6. The van der Waals surface area contributed by atoms with Gasteiger partial charge in [0.15, 0.2) is 0 Å². The van der Waals surface area contributed by atoms with Crippen LogP contribution in [0.1, 0.15) is 27.2 Å². The van der Waals surface area contributed by atoms with Gasteiger partial charge >= 0.3 is 0 Å². The van der Waals surface area contributed by atoms with Crippen molar-refractivity contribution in [3.05, 3.63) is 48.5 Å². The number of benzene rings is 2. The summed E-state index contributed by atoms with van der Waals surface area (Å²) in [7, 11) is 0. The lowest BCUT2D eigenvalue weighted by Gasteiger charge is -2.17. The van der Waals surface area contributed by atoms with Crippen LogP contribution in [0, 0.1) is 5.92 Å². The van der Waals surface area contributed by atoms with E-state index in [2.05, 4.69) is 10.6 Å². The van der Waals surface area contributed by atoms with Crippen molar-refractivity contribution in [2.75, 3.05) is 22.1 Å². The van der Waals surface area contributed by atoms with Gasteiger partial charge in [0.05, 0.1) is 12.0 Å². The standard InChI is InChI=1S/C22H25N3O4/c1-14(2)29-20-10-6-18(7-11-20)24-22(28)16-12-21(27)25(13-16)19-8-4-17(5-9-19)23-15(3)26/h4-11,14,16H,12-13H2,1-3H3,(H,23,26)(H,24,28). The molecule has 1 fully saturated rings. The smallest absolute Gasteiger partial charge is 0.229 e. The molecule has 0 aliphatic carbocycles. The van der Waals surface area contributed by atoms with Crippen LogP contribution in [-0.4, -0.2) is 30.4 Å². The summed E-state index contributed by atoms with van der Waals surface area (Å²) >= 11 is 0. The molecule has 1 atom stereocenters. The zero-order valence-corrected chi connectivity index (χ0v) is 16.8. The van der Waals surface area contributed by atoms with Gasteiger partial charge < -0.3 is 20.3 Å². The van der Waals surface area contributed by atoms with Gasteiger partial charge in [-0.3, -0.25) is 14.4 Å². The predicted octanol–water partition coefficient (Wildman–Crippen LogP) is 3.42. The number of nitrogens with one attached hydrogen (secondary N) is 2. The zero-order chi connectivity index (χ0) is 21.0. The maximum Gasteiger partial charge on any atom is 0.229 e. The number of carbonyl (C=O) groups is 3. The Bertz CT molecular complexity index is 891. The number of nitrogens with zero attached hydrogens (tertiary/aromatic N) is 1. The fourth-order valence-corrected chi connectivity index (χ4v) is 3.19. The highest BCUT2D eigenvalue weighted by Crippen LogP contribution is 2.27. The molecular formula is C22H25N3O4. The first-order valence-electron chi connectivity index (χ1n) is 9.57. The van der Waals surface area contributed by atoms with E-state index >= 15 is 0 Å². The van der Waals surface area contributed by atoms with E-state index in [1.807, 2.05) is 13.8 Å². The third kappa shape index (κ3) is 5.34. The summed E-state index contributed by atoms with van der Waals surface area (Å²) in [5.74, 6) is -0.131. The second-order valence-electron chi connectivity index (χ2n) is 7.31. The molecule has 0 bridgehead atoms. The number of ether oxygens (including phenoxy) is 1. The number of rotatable bonds is 6. The number of hydrogen-bond acceptors (Lipinski definition) is 4. The summed E-state index contributed by atoms with van der Waals surface area (Å²) in [6.45, 7) is 5.66. The quantitative estimate of drug-likeness (QED) is 0.784. The van der Waals surface area contributed by atoms with Gasteiger partial charge in [-0.25, -0.2) is 0 Å². The summed E-state index contributed by atoms with van der Waals surface area (Å²) in [5, 5.41) is 5.55. The highest BCUT2D eigenvalue weighted by Gasteiger charge is 2.35. The van der Waals surface area contributed by atoms with Crippen molar-refractivity contribution in [1.29, 1.82) is 0 Å². The van der Waals surface area contributed by atoms with Gasteiger partial charge in [0.2, 0.25) is 17.7 Å². The third-order valence-electron chi connectivity index (χ3n) is 4.49. The summed E-state index contributed by atoms with van der Waals surface area (Å²) < 4.78 is 5.59. The Labute approximate surface area is 170 Å². The molecule has 3 rings (SSSR count). The van der Waals surface area contributed by atoms with E-state index in [-0.39, 0.29) is 30.2 Å². The number of carbonyl (C=O) groups excluding carboxylic acids is 3. The van der Waals surface area contributed by atoms with Crippen molar-refractivity contribution in [2.24, 2.45) is 5.92 Å². The average molecular weight is 395 g/mol. The largest absolute Gasteiger partial charge is 0.491 e. The molecule has 1 aliphatic heterocycles. The number of anilines is 3. The molecule has 1 unspecified atom stereocenters. The summed E-state index contributed by atoms with van der Waals surface area (Å²) in [6, 6.07) is 14.2. The zero-order valence-electron chi connectivity index (χ0n) is 16.8. The van der Waals surface area contributed by atoms with E-state index in [0.29, 0.717) is 23.6 Å². The van der Waals surface area contributed by atoms with Crippen molar-refractivity contribution < 1.29 is 19.1 Å². The monoisotopic (exact) mass is 395 g/mol. The van der Waals surface area contributed by atoms with E-state index in [4.69, 9.17) is 4.74 Å². The molecule has 2 aromatic carbocycles. The molecule has 0 radical (unpaired) electrons. The maximum atomic E-state index is 12.6. The Balaban J connectivity index is 1.60. The Morgan fingerprint density at radius 3 is 2.17 bits per heavy atom. The Kier molecular flexibility index (Phi) is 6.16. The molecule has 1 saturated heterocycles. The van der Waals surface area contributed by atoms with Gasteiger partial charge in [-0.05, 0) is 62.4 Å². The summed E-state index contributed by atoms with van der Waals surface area (Å²) in [4.78, 5) is 37.7. The van der Waals surface area contributed by atoms with Crippen molar-refractivity contribution >= 4 is 34.8 Å². The fraction of sp³-hybridized carbons (Fsp3) is 0.318. The van der Waals surface area contributed by atoms with Gasteiger partial charge in [-0.15, -0.1) is 0 Å². The molecule has 2 aromatic rings. The van der Waals surface area contributed by atoms with E-state index in [1.54, 1.807) is 53.4 Å². The summed E-state index contributed by atoms with van der Waals surface area (Å²) in [5.41, 5.74) is 2.03. The van der Waals surface area contributed by atoms with Crippen LogP contribution >= 0.6 is 0 Å². The van der Waals surface area contributed by atoms with E-state index in [1.165, 1.54) is 6.92 Å². The molecule has 0 aromatic heterocycles. The van der Waals surface area contributed by atoms with Crippen LogP contribution in [0.5, 0.6) is 5.75 Å². The third-order valence-corrected chi connectivity index (χ3v) is 4.49. The van der Waals surface area contributed by atoms with Crippen molar-refractivity contribution in [2.45, 2.75) is 33.3 Å². The molecule has 7 heteroatoms. The molecule has 7 nitrogen and oxygen atoms in total. The molecule has 1 heterocycles. The molecule has 0 spiro atoms. The topological polar surface area (TPSA) is 87.7 Å². The van der Waals surface area contributed by atoms with Gasteiger partial charge in [0.25, 0.3) is 0 Å². The van der Waals surface area contributed by atoms with Crippen molar-refractivity contribution in [3.8, 4) is 5.75 Å². The highest BCUT2D eigenvalue weighted by atomic mass is 16.5. The summed E-state index contributed by atoms with van der Waals surface area (Å²) in [6.07, 6.45) is 0.242. The minimum atomic E-state index is -0.427. The van der Waals surface area contributed by atoms with Crippen LogP contribution in [0.4, 0.5) is 17.1 Å². The van der Waals surface area contributed by atoms with Crippen LogP contribution in [-0.2, 0) is 14.4 Å². The lowest BCUT2D eigenvalue weighted by atomic mass is 10.1. The predicted molar refractivity (Wildman–Crippen MR) is 112 cm³/mol. The van der Waals surface area contributed by atoms with E-state index < -0.39 is 5.92 Å². The average Bonchev–Trinajstić information content (AvgIpc) is 3.05. The molecular weight excluding hydrogens is 370 g/mol. The molecule has 152 valence electrons. The fourth-order valence-electron chi connectivity index (χ4n) is 3.19. The number of amides is 3. The Morgan fingerprint density at radius 1 is 1.00 bits per heavy atom. The van der Waals surface area contributed by atoms with E-state index in [0.717, 1.165) is 5.75 Å². The van der Waals surface area contributed by atoms with Gasteiger partial charge in [0, 0.05) is 37.0 Å². The van der Waals surface area contributed by atoms with Gasteiger partial charge in [-0.2, -0.15) is 0 Å². The number of hydrogen-bond donors (Lipinski definition) is 2. The second kappa shape index (κ2) is 8.77. The second-order valence-corrected chi connectivity index (χ2v) is 7.31. The van der Waals surface area contributed by atoms with Crippen LogP contribution in [0.3, 0.4) is 0 Å². The highest BCUT2D eigenvalue weighted by molar-refractivity contribution is 6.03. The van der Waals surface area contributed by atoms with Gasteiger partial charge in [-0.1, -0.05) is 0 Å². The molecule has 29 heavy (non-hydrogen) atoms. The molecule has 3 amide bonds. The van der Waals surface area contributed by atoms with E-state index in [9.17, 15) is 14.4 Å². The van der Waals surface area contributed by atoms with Crippen LogP contribution < -0.4 is 20.3 Å². The van der Waals surface area contributed by atoms with Gasteiger partial charge in [0.1, 0.15) is 5.75 Å².